The lowest BCUT2D eigenvalue weighted by Crippen LogP contribution is -2.46. The Morgan fingerprint density at radius 1 is 0.682 bits per heavy atom. The van der Waals surface area contributed by atoms with Crippen LogP contribution in [0.4, 0.5) is 0 Å². The lowest BCUT2D eigenvalue weighted by Gasteiger charge is -2.24. The quantitative estimate of drug-likeness (QED) is 0.254. The molecule has 0 aliphatic rings. The summed E-state index contributed by atoms with van der Waals surface area (Å²) >= 11 is 0. The van der Waals surface area contributed by atoms with E-state index in [9.17, 15) is 0 Å². The highest BCUT2D eigenvalue weighted by Crippen LogP contribution is 2.03. The first-order chi connectivity index (χ1) is 10.3. The van der Waals surface area contributed by atoms with Crippen LogP contribution in [-0.2, 0) is 0 Å². The summed E-state index contributed by atoms with van der Waals surface area (Å²) in [5.41, 5.74) is 0. The molecular weight excluding hydrogens is 296 g/mol. The Morgan fingerprint density at radius 2 is 0.864 bits per heavy atom. The van der Waals surface area contributed by atoms with Gasteiger partial charge in [0.05, 0.1) is 26.4 Å². The molecule has 8 heteroatoms. The van der Waals surface area contributed by atoms with Gasteiger partial charge < -0.3 is 40.9 Å². The predicted molar refractivity (Wildman–Crippen MR) is 84.1 cm³/mol. The van der Waals surface area contributed by atoms with Gasteiger partial charge in [0.25, 0.3) is 0 Å². The van der Waals surface area contributed by atoms with Crippen molar-refractivity contribution in [1.82, 2.24) is 0 Å². The second-order valence-electron chi connectivity index (χ2n) is 3.74. The van der Waals surface area contributed by atoms with E-state index in [4.69, 9.17) is 40.9 Å². The lowest BCUT2D eigenvalue weighted by atomic mass is 10.0. The van der Waals surface area contributed by atoms with Gasteiger partial charge in [-0.1, -0.05) is 12.2 Å². The number of hydrogen-bond donors (Lipinski definition) is 8. The molecule has 0 aliphatic heterocycles. The van der Waals surface area contributed by atoms with Crippen molar-refractivity contribution < 1.29 is 40.9 Å². The zero-order chi connectivity index (χ0) is 18.6. The average molecular weight is 328 g/mol. The summed E-state index contributed by atoms with van der Waals surface area (Å²) in [5, 5.41) is 67.4. The molecule has 0 saturated heterocycles. The molecule has 0 saturated carbocycles. The molecule has 0 amide bonds. The van der Waals surface area contributed by atoms with E-state index in [2.05, 4.69) is 13.2 Å². The van der Waals surface area contributed by atoms with E-state index in [1.165, 1.54) is 0 Å². The van der Waals surface area contributed by atoms with Crippen LogP contribution in [0.2, 0.25) is 0 Å². The van der Waals surface area contributed by atoms with Gasteiger partial charge in [-0.25, -0.2) is 0 Å². The van der Waals surface area contributed by atoms with E-state index < -0.39 is 37.6 Å². The third-order valence-electron chi connectivity index (χ3n) is 1.61. The van der Waals surface area contributed by atoms with Gasteiger partial charge in [-0.15, -0.1) is 13.2 Å². The number of rotatable bonds is 6. The van der Waals surface area contributed by atoms with E-state index in [0.29, 0.717) is 0 Å². The Hall–Kier alpha value is -0.840. The van der Waals surface area contributed by atoms with Crippen molar-refractivity contribution in [3.63, 3.8) is 0 Å². The van der Waals surface area contributed by atoms with Crippen LogP contribution in [0, 0.1) is 0 Å². The van der Waals surface area contributed by atoms with E-state index >= 15 is 0 Å². The van der Waals surface area contributed by atoms with Gasteiger partial charge in [0, 0.05) is 0 Å². The third-order valence-corrected chi connectivity index (χ3v) is 1.61. The van der Waals surface area contributed by atoms with Crippen LogP contribution in [0.1, 0.15) is 13.8 Å². The highest BCUT2D eigenvalue weighted by Gasteiger charge is 2.29. The first-order valence-electron chi connectivity index (χ1n) is 6.59. The summed E-state index contributed by atoms with van der Waals surface area (Å²) in [6.45, 7) is 8.80. The van der Waals surface area contributed by atoms with Crippen LogP contribution in [0.15, 0.2) is 25.3 Å². The fourth-order valence-electron chi connectivity index (χ4n) is 0.671. The predicted octanol–water partition coefficient (Wildman–Crippen LogP) is -2.23. The minimum Gasteiger partial charge on any atom is -0.394 e. The Kier molecular flexibility index (Phi) is 33.4. The zero-order valence-electron chi connectivity index (χ0n) is 13.3. The highest BCUT2D eigenvalue weighted by atomic mass is 16.4. The van der Waals surface area contributed by atoms with Crippen LogP contribution in [-0.4, -0.2) is 91.7 Å². The van der Waals surface area contributed by atoms with Gasteiger partial charge in [0.15, 0.2) is 0 Å². The molecule has 8 N–H and O–H groups in total. The van der Waals surface area contributed by atoms with E-state index in [1.54, 1.807) is 12.2 Å². The van der Waals surface area contributed by atoms with Crippen molar-refractivity contribution in [3.05, 3.63) is 25.3 Å². The molecule has 0 bridgehead atoms. The van der Waals surface area contributed by atoms with Crippen LogP contribution in [0.25, 0.3) is 0 Å². The van der Waals surface area contributed by atoms with E-state index in [1.807, 2.05) is 13.8 Å². The maximum absolute atomic E-state index is 8.96. The van der Waals surface area contributed by atoms with Crippen LogP contribution < -0.4 is 0 Å². The van der Waals surface area contributed by atoms with Crippen molar-refractivity contribution in [2.45, 2.75) is 38.3 Å². The molecule has 8 nitrogen and oxygen atoms in total. The second kappa shape index (κ2) is 25.1. The molecule has 0 aromatic carbocycles. The monoisotopic (exact) mass is 328 g/mol. The average Bonchev–Trinajstić information content (AvgIpc) is 2.53. The Bertz CT molecular complexity index is 191. The van der Waals surface area contributed by atoms with Gasteiger partial charge in [-0.2, -0.15) is 0 Å². The third kappa shape index (κ3) is 24.2. The Labute approximate surface area is 131 Å². The summed E-state index contributed by atoms with van der Waals surface area (Å²) in [6.07, 6.45) is -2.89. The van der Waals surface area contributed by atoms with Crippen molar-refractivity contribution in [2.24, 2.45) is 0 Å². The molecule has 0 unspecified atom stereocenters. The van der Waals surface area contributed by atoms with Crippen molar-refractivity contribution in [3.8, 4) is 0 Å². The minimum atomic E-state index is -1.67. The molecule has 0 spiro atoms. The number of aliphatic hydroxyl groups excluding tert-OH is 8. The fraction of sp³-hybridized carbons (Fsp3) is 0.714. The molecule has 0 rings (SSSR count). The second-order valence-corrected chi connectivity index (χ2v) is 3.74. The van der Waals surface area contributed by atoms with E-state index in [0.717, 1.165) is 0 Å². The van der Waals surface area contributed by atoms with Crippen LogP contribution in [0.5, 0.6) is 0 Å². The lowest BCUT2D eigenvalue weighted by molar-refractivity contribution is -0.123. The summed E-state index contributed by atoms with van der Waals surface area (Å²) in [6, 6.07) is 0. The van der Waals surface area contributed by atoms with Gasteiger partial charge in [0.1, 0.15) is 24.4 Å². The van der Waals surface area contributed by atoms with Crippen LogP contribution in [0.3, 0.4) is 0 Å². The zero-order valence-corrected chi connectivity index (χ0v) is 13.3. The molecule has 0 radical (unpaired) electrons. The molecule has 0 fully saturated rings. The molecule has 0 aliphatic carbocycles. The van der Waals surface area contributed by atoms with Gasteiger partial charge in [0.2, 0.25) is 0 Å². The highest BCUT2D eigenvalue weighted by molar-refractivity contribution is 4.79. The molecule has 0 aromatic heterocycles. The first-order valence-corrected chi connectivity index (χ1v) is 6.59. The fourth-order valence-corrected chi connectivity index (χ4v) is 0.671. The first kappa shape index (κ1) is 29.2. The maximum Gasteiger partial charge on any atom is 0.111 e. The summed E-state index contributed by atoms with van der Waals surface area (Å²) in [7, 11) is 0. The Morgan fingerprint density at radius 3 is 0.955 bits per heavy atom. The minimum absolute atomic E-state index is 0.125. The van der Waals surface area contributed by atoms with Crippen molar-refractivity contribution >= 4 is 0 Å². The summed E-state index contributed by atoms with van der Waals surface area (Å²) in [5.74, 6) is 0. The topological polar surface area (TPSA) is 162 Å². The number of allylic oxidation sites excluding steroid dienone is 2. The summed E-state index contributed by atoms with van der Waals surface area (Å²) in [4.78, 5) is 0. The van der Waals surface area contributed by atoms with Gasteiger partial charge >= 0.3 is 0 Å². The smallest absolute Gasteiger partial charge is 0.111 e. The summed E-state index contributed by atoms with van der Waals surface area (Å²) < 4.78 is 0. The molecular formula is C14H32O8. The molecule has 4 atom stereocenters. The largest absolute Gasteiger partial charge is 0.394 e. The maximum atomic E-state index is 8.96. The molecule has 136 valence electrons. The van der Waals surface area contributed by atoms with Crippen molar-refractivity contribution in [2.75, 3.05) is 26.4 Å². The number of aliphatic hydroxyl groups is 8. The number of hydrogen-bond acceptors (Lipinski definition) is 8. The molecule has 22 heavy (non-hydrogen) atoms. The molecule has 0 aromatic rings. The van der Waals surface area contributed by atoms with E-state index in [-0.39, 0.29) is 13.2 Å². The SMILES string of the molecule is C=CC.C=CC.OCCO.OC[C@@H](O)[C@@H](O)[C@H](O)[C@@H](O)CO. The van der Waals surface area contributed by atoms with Gasteiger partial charge in [-0.3, -0.25) is 0 Å². The molecule has 0 heterocycles. The Balaban J connectivity index is -0.000000133. The van der Waals surface area contributed by atoms with Crippen LogP contribution >= 0.6 is 0 Å². The van der Waals surface area contributed by atoms with Crippen molar-refractivity contribution in [1.29, 1.82) is 0 Å². The normalized spacial score (nSPS) is 14.3. The standard InChI is InChI=1S/C6H14O6.2C3H6.C2H6O2/c7-1-3(9)5(11)6(12)4(10)2-8;2*1-3-2;3-1-2-4/h3-12H,1-2H2;2*3H,1H2,2H3;3-4H,1-2H2/t3-,4+,5-,6-;;;/m1.../s1. The van der Waals surface area contributed by atoms with Gasteiger partial charge in [-0.05, 0) is 13.8 Å².